The molecule has 0 fully saturated rings. The summed E-state index contributed by atoms with van der Waals surface area (Å²) in [4.78, 5) is 15.7. The molecular weight excluding hydrogens is 419 g/mol. The fourth-order valence-electron chi connectivity index (χ4n) is 2.02. The predicted octanol–water partition coefficient (Wildman–Crippen LogP) is 3.56. The quantitative estimate of drug-likeness (QED) is 0.278. The van der Waals surface area contributed by atoms with Gasteiger partial charge in [-0.1, -0.05) is 6.07 Å². The van der Waals surface area contributed by atoms with Crippen molar-refractivity contribution in [2.24, 2.45) is 10.7 Å². The number of alkyl carbamates (subject to hydrolysis) is 1. The van der Waals surface area contributed by atoms with E-state index in [0.29, 0.717) is 25.5 Å². The van der Waals surface area contributed by atoms with Gasteiger partial charge in [-0.15, -0.1) is 24.0 Å². The number of halogens is 1. The van der Waals surface area contributed by atoms with Gasteiger partial charge in [0.05, 0.1) is 0 Å². The zero-order chi connectivity index (χ0) is 17.5. The zero-order valence-electron chi connectivity index (χ0n) is 15.1. The third-order valence-electron chi connectivity index (χ3n) is 2.78. The number of aliphatic imine (C=N–C) groups is 1. The van der Waals surface area contributed by atoms with Crippen molar-refractivity contribution in [2.75, 3.05) is 18.4 Å². The molecule has 0 aliphatic rings. The van der Waals surface area contributed by atoms with Gasteiger partial charge in [-0.2, -0.15) is 0 Å². The van der Waals surface area contributed by atoms with Crippen LogP contribution in [0.2, 0.25) is 0 Å². The van der Waals surface area contributed by atoms with Crippen LogP contribution in [0.4, 0.5) is 10.5 Å². The highest BCUT2D eigenvalue weighted by molar-refractivity contribution is 14.0. The molecule has 1 rings (SSSR count). The van der Waals surface area contributed by atoms with Crippen LogP contribution in [0.25, 0.3) is 0 Å². The molecule has 7 heteroatoms. The first kappa shape index (κ1) is 22.5. The number of guanidine groups is 1. The number of carbonyl (C=O) groups excluding carboxylic acids is 1. The highest BCUT2D eigenvalue weighted by Gasteiger charge is 2.15. The predicted molar refractivity (Wildman–Crippen MR) is 110 cm³/mol. The molecular formula is C17H29IN4O2. The maximum Gasteiger partial charge on any atom is 0.407 e. The molecule has 0 heterocycles. The first-order valence-corrected chi connectivity index (χ1v) is 7.78. The Morgan fingerprint density at radius 2 is 1.79 bits per heavy atom. The van der Waals surface area contributed by atoms with Gasteiger partial charge in [0, 0.05) is 18.8 Å². The maximum absolute atomic E-state index is 11.5. The molecule has 1 amide bonds. The second kappa shape index (κ2) is 10.4. The number of ether oxygens (including phenoxy) is 1. The molecule has 1 aromatic rings. The molecule has 1 aromatic carbocycles. The van der Waals surface area contributed by atoms with E-state index in [1.807, 2.05) is 46.8 Å². The Hall–Kier alpha value is -1.51. The van der Waals surface area contributed by atoms with E-state index in [2.05, 4.69) is 21.7 Å². The summed E-state index contributed by atoms with van der Waals surface area (Å²) in [6, 6.07) is 6.12. The van der Waals surface area contributed by atoms with Crippen LogP contribution >= 0.6 is 24.0 Å². The number of nitrogens with two attached hydrogens (primary N) is 1. The lowest BCUT2D eigenvalue weighted by Crippen LogP contribution is -2.33. The van der Waals surface area contributed by atoms with Gasteiger partial charge in [0.25, 0.3) is 0 Å². The van der Waals surface area contributed by atoms with Crippen LogP contribution < -0.4 is 16.4 Å². The van der Waals surface area contributed by atoms with Crippen molar-refractivity contribution in [2.45, 2.75) is 46.6 Å². The van der Waals surface area contributed by atoms with Crippen molar-refractivity contribution in [3.05, 3.63) is 29.3 Å². The Balaban J connectivity index is 0.00000529. The fraction of sp³-hybridized carbons (Fsp3) is 0.529. The molecule has 0 aromatic heterocycles. The highest BCUT2D eigenvalue weighted by Crippen LogP contribution is 2.13. The van der Waals surface area contributed by atoms with E-state index in [-0.39, 0.29) is 24.0 Å². The van der Waals surface area contributed by atoms with E-state index < -0.39 is 11.7 Å². The van der Waals surface area contributed by atoms with Crippen molar-refractivity contribution >= 4 is 41.7 Å². The summed E-state index contributed by atoms with van der Waals surface area (Å²) in [7, 11) is 0. The molecule has 0 spiro atoms. The molecule has 0 bridgehead atoms. The van der Waals surface area contributed by atoms with E-state index in [1.165, 1.54) is 11.1 Å². The van der Waals surface area contributed by atoms with E-state index >= 15 is 0 Å². The summed E-state index contributed by atoms with van der Waals surface area (Å²) >= 11 is 0. The van der Waals surface area contributed by atoms with E-state index in [0.717, 1.165) is 5.69 Å². The van der Waals surface area contributed by atoms with E-state index in [4.69, 9.17) is 10.5 Å². The molecule has 4 N–H and O–H groups in total. The number of nitrogens with zero attached hydrogens (tertiary/aromatic N) is 1. The molecule has 0 aliphatic heterocycles. The van der Waals surface area contributed by atoms with Crippen LogP contribution in [0.1, 0.15) is 38.3 Å². The second-order valence-electron chi connectivity index (χ2n) is 6.55. The van der Waals surface area contributed by atoms with Crippen molar-refractivity contribution in [3.63, 3.8) is 0 Å². The van der Waals surface area contributed by atoms with Crippen molar-refractivity contribution in [1.29, 1.82) is 0 Å². The summed E-state index contributed by atoms with van der Waals surface area (Å²) in [5, 5.41) is 5.76. The number of nitrogens with one attached hydrogen (secondary N) is 2. The standard InChI is InChI=1S/C17H28N4O2.HI/c1-12-9-13(2)11-14(10-12)21-15(18)19-7-6-8-20-16(22)23-17(3,4)5;/h9-11H,6-8H2,1-5H3,(H,20,22)(H3,18,19,21);1H. The Bertz CT molecular complexity index is 548. The van der Waals surface area contributed by atoms with Gasteiger partial charge in [0.15, 0.2) is 5.96 Å². The van der Waals surface area contributed by atoms with Crippen LogP contribution in [0.3, 0.4) is 0 Å². The van der Waals surface area contributed by atoms with Crippen LogP contribution in [0.15, 0.2) is 23.2 Å². The smallest absolute Gasteiger partial charge is 0.407 e. The van der Waals surface area contributed by atoms with Crippen molar-refractivity contribution in [3.8, 4) is 0 Å². The van der Waals surface area contributed by atoms with E-state index in [1.54, 1.807) is 0 Å². The normalized spacial score (nSPS) is 11.5. The average Bonchev–Trinajstić information content (AvgIpc) is 2.34. The lowest BCUT2D eigenvalue weighted by molar-refractivity contribution is 0.0527. The van der Waals surface area contributed by atoms with Crippen LogP contribution in [0.5, 0.6) is 0 Å². The lowest BCUT2D eigenvalue weighted by atomic mass is 10.1. The number of hydrogen-bond acceptors (Lipinski definition) is 3. The third kappa shape index (κ3) is 10.3. The number of carbonyl (C=O) groups is 1. The van der Waals surface area contributed by atoms with Crippen LogP contribution in [-0.2, 0) is 4.74 Å². The number of anilines is 1. The first-order chi connectivity index (χ1) is 10.7. The van der Waals surface area contributed by atoms with Gasteiger partial charge in [-0.05, 0) is 64.3 Å². The summed E-state index contributed by atoms with van der Waals surface area (Å²) < 4.78 is 5.14. The Morgan fingerprint density at radius 1 is 1.21 bits per heavy atom. The number of rotatable bonds is 5. The summed E-state index contributed by atoms with van der Waals surface area (Å²) in [5.41, 5.74) is 8.64. The van der Waals surface area contributed by atoms with Gasteiger partial charge >= 0.3 is 6.09 Å². The molecule has 0 saturated carbocycles. The molecule has 0 unspecified atom stereocenters. The maximum atomic E-state index is 11.5. The minimum absolute atomic E-state index is 0. The van der Waals surface area contributed by atoms with E-state index in [9.17, 15) is 4.79 Å². The summed E-state index contributed by atoms with van der Waals surface area (Å²) in [5.74, 6) is 0.368. The van der Waals surface area contributed by atoms with Gasteiger partial charge in [-0.3, -0.25) is 4.99 Å². The lowest BCUT2D eigenvalue weighted by Gasteiger charge is -2.19. The van der Waals surface area contributed by atoms with Gasteiger partial charge in [0.1, 0.15) is 5.60 Å². The molecule has 0 aliphatic carbocycles. The first-order valence-electron chi connectivity index (χ1n) is 7.78. The molecule has 136 valence electrons. The Kier molecular flexibility index (Phi) is 9.72. The van der Waals surface area contributed by atoms with Gasteiger partial charge < -0.3 is 21.1 Å². The van der Waals surface area contributed by atoms with Crippen LogP contribution in [-0.4, -0.2) is 30.7 Å². The van der Waals surface area contributed by atoms with Crippen LogP contribution in [0, 0.1) is 13.8 Å². The number of amides is 1. The number of hydrogen-bond donors (Lipinski definition) is 3. The largest absolute Gasteiger partial charge is 0.444 e. The highest BCUT2D eigenvalue weighted by atomic mass is 127. The Morgan fingerprint density at radius 3 is 2.33 bits per heavy atom. The molecule has 0 atom stereocenters. The Labute approximate surface area is 161 Å². The van der Waals surface area contributed by atoms with Gasteiger partial charge in [-0.25, -0.2) is 4.79 Å². The molecule has 24 heavy (non-hydrogen) atoms. The van der Waals surface area contributed by atoms with Crippen molar-refractivity contribution in [1.82, 2.24) is 5.32 Å². The molecule has 0 radical (unpaired) electrons. The monoisotopic (exact) mass is 448 g/mol. The fourth-order valence-corrected chi connectivity index (χ4v) is 2.02. The average molecular weight is 448 g/mol. The zero-order valence-corrected chi connectivity index (χ0v) is 17.4. The van der Waals surface area contributed by atoms with Crippen molar-refractivity contribution < 1.29 is 9.53 Å². The topological polar surface area (TPSA) is 88.7 Å². The SMILES string of the molecule is Cc1cc(C)cc(NC(N)=NCCCNC(=O)OC(C)(C)C)c1.I. The summed E-state index contributed by atoms with van der Waals surface area (Å²) in [6.07, 6.45) is 0.275. The minimum Gasteiger partial charge on any atom is -0.444 e. The molecule has 6 nitrogen and oxygen atoms in total. The number of aryl methyl sites for hydroxylation is 2. The number of benzene rings is 1. The second-order valence-corrected chi connectivity index (χ2v) is 6.55. The minimum atomic E-state index is -0.484. The third-order valence-corrected chi connectivity index (χ3v) is 2.78. The summed E-state index contributed by atoms with van der Waals surface area (Å²) in [6.45, 7) is 10.6. The van der Waals surface area contributed by atoms with Gasteiger partial charge in [0.2, 0.25) is 0 Å². The molecule has 0 saturated heterocycles.